The zero-order chi connectivity index (χ0) is 36.9. The number of carbonyl (C=O) groups excluding carboxylic acids is 2. The third kappa shape index (κ3) is 32.2. The lowest BCUT2D eigenvalue weighted by Crippen LogP contribution is -2.26. The van der Waals surface area contributed by atoms with Crippen LogP contribution in [0.2, 0.25) is 0 Å². The predicted molar refractivity (Wildman–Crippen MR) is 210 cm³/mol. The van der Waals surface area contributed by atoms with Crippen molar-refractivity contribution in [3.63, 3.8) is 0 Å². The van der Waals surface area contributed by atoms with E-state index in [0.29, 0.717) is 12.8 Å². The summed E-state index contributed by atoms with van der Waals surface area (Å²) in [6.45, 7) is 4.52. The Morgan fingerprint density at radius 3 is 0.680 bits per heavy atom. The Hall–Kier alpha value is -1.72. The molecule has 6 heteroatoms. The lowest BCUT2D eigenvalue weighted by molar-refractivity contribution is -0.148. The number of Topliss-reactive ketones (excluding diaryl/α,β-unsaturated/α-hetero) is 2. The molecule has 0 spiro atoms. The van der Waals surface area contributed by atoms with Gasteiger partial charge in [-0.05, 0) is 12.8 Å². The van der Waals surface area contributed by atoms with Crippen molar-refractivity contribution in [3.05, 3.63) is 0 Å². The van der Waals surface area contributed by atoms with E-state index in [1.165, 1.54) is 154 Å². The van der Waals surface area contributed by atoms with Crippen molar-refractivity contribution >= 4 is 23.5 Å². The van der Waals surface area contributed by atoms with E-state index >= 15 is 0 Å². The minimum absolute atomic E-state index is 0.321. The quantitative estimate of drug-likeness (QED) is 0.0484. The maximum Gasteiger partial charge on any atom is 0.306 e. The number of hydrogen-bond donors (Lipinski definition) is 2. The van der Waals surface area contributed by atoms with Crippen molar-refractivity contribution in [2.24, 2.45) is 11.8 Å². The van der Waals surface area contributed by atoms with E-state index in [4.69, 9.17) is 0 Å². The second-order valence-electron chi connectivity index (χ2n) is 15.5. The molecule has 0 aliphatic rings. The second-order valence-corrected chi connectivity index (χ2v) is 15.5. The Labute approximate surface area is 309 Å². The molecule has 0 aliphatic heterocycles. The maximum atomic E-state index is 12.6. The van der Waals surface area contributed by atoms with Gasteiger partial charge in [-0.1, -0.05) is 219 Å². The topological polar surface area (TPSA) is 109 Å². The van der Waals surface area contributed by atoms with Crippen LogP contribution in [0.25, 0.3) is 0 Å². The summed E-state index contributed by atoms with van der Waals surface area (Å²) in [5.41, 5.74) is 0. The Morgan fingerprint density at radius 2 is 0.500 bits per heavy atom. The highest BCUT2D eigenvalue weighted by molar-refractivity contribution is 6.37. The van der Waals surface area contributed by atoms with Crippen LogP contribution >= 0.6 is 0 Å². The fourth-order valence-corrected chi connectivity index (χ4v) is 7.18. The van der Waals surface area contributed by atoms with Gasteiger partial charge < -0.3 is 10.2 Å². The molecule has 0 heterocycles. The number of carbonyl (C=O) groups is 4. The zero-order valence-electron chi connectivity index (χ0n) is 33.1. The summed E-state index contributed by atoms with van der Waals surface area (Å²) in [7, 11) is 0. The number of carboxylic acid groups (broad SMARTS) is 2. The Morgan fingerprint density at radius 1 is 0.320 bits per heavy atom. The first kappa shape index (κ1) is 48.3. The van der Waals surface area contributed by atoms with Gasteiger partial charge in [0.05, 0.1) is 11.8 Å². The number of ketones is 2. The minimum Gasteiger partial charge on any atom is -0.481 e. The molecule has 0 radical (unpaired) electrons. The summed E-state index contributed by atoms with van der Waals surface area (Å²) in [4.78, 5) is 48.8. The fraction of sp³-hybridized carbons (Fsp3) is 0.909. The van der Waals surface area contributed by atoms with Crippen LogP contribution in [-0.2, 0) is 19.2 Å². The average molecular weight is 707 g/mol. The molecule has 0 amide bonds. The van der Waals surface area contributed by atoms with Gasteiger partial charge in [0, 0.05) is 12.8 Å². The number of unbranched alkanes of at least 4 members (excludes halogenated alkanes) is 30. The first-order chi connectivity index (χ1) is 24.3. The Balaban J connectivity index is 3.93. The van der Waals surface area contributed by atoms with Crippen molar-refractivity contribution in [2.75, 3.05) is 0 Å². The summed E-state index contributed by atoms with van der Waals surface area (Å²) in [5, 5.41) is 19.3. The SMILES string of the molecule is CCCCCCCCCCCCCCCCCCC(CC(=O)C(=O)CC(CCCCCCCCCCCCCCCCCC)C(=O)O)C(=O)O. The number of aliphatic carboxylic acids is 2. The maximum absolute atomic E-state index is 12.6. The summed E-state index contributed by atoms with van der Waals surface area (Å²) in [5.74, 6) is -5.30. The van der Waals surface area contributed by atoms with Crippen molar-refractivity contribution < 1.29 is 29.4 Å². The van der Waals surface area contributed by atoms with Crippen LogP contribution in [0.15, 0.2) is 0 Å². The molecule has 0 aliphatic carbocycles. The van der Waals surface area contributed by atoms with E-state index in [1.54, 1.807) is 0 Å². The van der Waals surface area contributed by atoms with Gasteiger partial charge in [-0.25, -0.2) is 0 Å². The van der Waals surface area contributed by atoms with Gasteiger partial charge in [0.1, 0.15) is 0 Å². The molecular weight excluding hydrogens is 624 g/mol. The van der Waals surface area contributed by atoms with Crippen LogP contribution in [0, 0.1) is 11.8 Å². The molecule has 2 atom stereocenters. The van der Waals surface area contributed by atoms with Gasteiger partial charge in [-0.15, -0.1) is 0 Å². The molecular formula is C44H82O6. The van der Waals surface area contributed by atoms with Gasteiger partial charge in [0.25, 0.3) is 0 Å². The molecule has 294 valence electrons. The molecule has 0 saturated carbocycles. The molecule has 0 aromatic heterocycles. The average Bonchev–Trinajstić information content (AvgIpc) is 3.09. The molecule has 0 aromatic rings. The summed E-state index contributed by atoms with van der Waals surface area (Å²) >= 11 is 0. The molecule has 0 saturated heterocycles. The van der Waals surface area contributed by atoms with Crippen LogP contribution in [-0.4, -0.2) is 33.7 Å². The van der Waals surface area contributed by atoms with Crippen LogP contribution in [0.3, 0.4) is 0 Å². The van der Waals surface area contributed by atoms with Gasteiger partial charge >= 0.3 is 11.9 Å². The van der Waals surface area contributed by atoms with E-state index in [2.05, 4.69) is 13.8 Å². The summed E-state index contributed by atoms with van der Waals surface area (Å²) < 4.78 is 0. The van der Waals surface area contributed by atoms with E-state index in [0.717, 1.165) is 51.4 Å². The van der Waals surface area contributed by atoms with Gasteiger partial charge in [-0.3, -0.25) is 19.2 Å². The van der Waals surface area contributed by atoms with Crippen molar-refractivity contribution in [2.45, 2.75) is 245 Å². The fourth-order valence-electron chi connectivity index (χ4n) is 7.18. The Kier molecular flexibility index (Phi) is 35.8. The highest BCUT2D eigenvalue weighted by Gasteiger charge is 2.28. The second kappa shape index (κ2) is 37.1. The van der Waals surface area contributed by atoms with Crippen LogP contribution < -0.4 is 0 Å². The van der Waals surface area contributed by atoms with Gasteiger partial charge in [-0.2, -0.15) is 0 Å². The molecule has 6 nitrogen and oxygen atoms in total. The van der Waals surface area contributed by atoms with Gasteiger partial charge in [0.15, 0.2) is 11.6 Å². The minimum atomic E-state index is -1.05. The normalized spacial score (nSPS) is 12.6. The van der Waals surface area contributed by atoms with Crippen molar-refractivity contribution in [1.29, 1.82) is 0 Å². The van der Waals surface area contributed by atoms with Gasteiger partial charge in [0.2, 0.25) is 0 Å². The van der Waals surface area contributed by atoms with E-state index < -0.39 is 35.3 Å². The molecule has 2 N–H and O–H groups in total. The molecule has 0 aromatic carbocycles. The van der Waals surface area contributed by atoms with Crippen molar-refractivity contribution in [3.8, 4) is 0 Å². The number of rotatable bonds is 41. The van der Waals surface area contributed by atoms with Crippen molar-refractivity contribution in [1.82, 2.24) is 0 Å². The molecule has 50 heavy (non-hydrogen) atoms. The number of hydrogen-bond acceptors (Lipinski definition) is 4. The summed E-state index contributed by atoms with van der Waals surface area (Å²) in [6.07, 6.45) is 40.0. The Bertz CT molecular complexity index is 742. The zero-order valence-corrected chi connectivity index (χ0v) is 33.1. The molecule has 2 unspecified atom stereocenters. The summed E-state index contributed by atoms with van der Waals surface area (Å²) in [6, 6.07) is 0. The smallest absolute Gasteiger partial charge is 0.306 e. The first-order valence-corrected chi connectivity index (χ1v) is 21.8. The standard InChI is InChI=1S/C44H82O6/c1-3-5-7-9-11-13-15-17-19-21-23-25-27-29-31-33-35-39(43(47)48)37-41(45)42(46)38-40(44(49)50)36-34-32-30-28-26-24-22-20-18-16-14-12-10-8-6-4-2/h39-40H,3-38H2,1-2H3,(H,47,48)(H,49,50). The molecule has 0 bridgehead atoms. The molecule has 0 fully saturated rings. The van der Waals surface area contributed by atoms with E-state index in [-0.39, 0.29) is 12.8 Å². The molecule has 0 rings (SSSR count). The van der Waals surface area contributed by atoms with E-state index in [9.17, 15) is 29.4 Å². The third-order valence-electron chi connectivity index (χ3n) is 10.7. The lowest BCUT2D eigenvalue weighted by Gasteiger charge is -2.13. The van der Waals surface area contributed by atoms with Crippen LogP contribution in [0.4, 0.5) is 0 Å². The number of carboxylic acids is 2. The lowest BCUT2D eigenvalue weighted by atomic mass is 9.90. The third-order valence-corrected chi connectivity index (χ3v) is 10.7. The largest absolute Gasteiger partial charge is 0.481 e. The van der Waals surface area contributed by atoms with Crippen LogP contribution in [0.1, 0.15) is 245 Å². The first-order valence-electron chi connectivity index (χ1n) is 21.8. The van der Waals surface area contributed by atoms with E-state index in [1.807, 2.05) is 0 Å². The van der Waals surface area contributed by atoms with Crippen LogP contribution in [0.5, 0.6) is 0 Å². The predicted octanol–water partition coefficient (Wildman–Crippen LogP) is 13.6. The monoisotopic (exact) mass is 707 g/mol. The highest BCUT2D eigenvalue weighted by Crippen LogP contribution is 2.21. The highest BCUT2D eigenvalue weighted by atomic mass is 16.4.